The fraction of sp³-hybridized carbons (Fsp3) is 0.400. The molecule has 0 aliphatic heterocycles. The maximum atomic E-state index is 10.8. The average molecular weight is 213 g/mol. The lowest BCUT2D eigenvalue weighted by Crippen LogP contribution is -2.00. The number of unbranched alkanes of at least 4 members (excludes halogenated alkanes) is 1. The number of rotatable bonds is 5. The third-order valence-corrected chi connectivity index (χ3v) is 2.48. The molecule has 0 heterocycles. The molecule has 0 aliphatic carbocycles. The summed E-state index contributed by atoms with van der Waals surface area (Å²) in [7, 11) is 0. The van der Waals surface area contributed by atoms with Crippen LogP contribution in [0.4, 0.5) is 0 Å². The molecule has 14 heavy (non-hydrogen) atoms. The third-order valence-electron chi connectivity index (χ3n) is 1.78. The molecule has 0 saturated carbocycles. The van der Waals surface area contributed by atoms with Gasteiger partial charge in [0.25, 0.3) is 0 Å². The van der Waals surface area contributed by atoms with Crippen molar-refractivity contribution in [2.75, 3.05) is 6.61 Å². The van der Waals surface area contributed by atoms with Crippen LogP contribution >= 0.6 is 0 Å². The van der Waals surface area contributed by atoms with Gasteiger partial charge in [0.2, 0.25) is 0 Å². The Kier molecular flexibility index (Phi) is 4.62. The number of hydrogen-bond donors (Lipinski definition) is 0. The second-order valence-corrected chi connectivity index (χ2v) is 3.79. The van der Waals surface area contributed by atoms with Gasteiger partial charge in [-0.2, -0.15) is 0 Å². The number of benzene rings is 1. The Balaban J connectivity index is 2.69. The minimum atomic E-state index is -2.22. The molecule has 0 radical (unpaired) electrons. The van der Waals surface area contributed by atoms with Crippen LogP contribution in [0.5, 0.6) is 5.75 Å². The molecule has 0 aliphatic rings. The maximum Gasteiger partial charge on any atom is 0.134 e. The van der Waals surface area contributed by atoms with E-state index in [2.05, 4.69) is 6.92 Å². The zero-order valence-corrected chi connectivity index (χ0v) is 8.88. The van der Waals surface area contributed by atoms with Gasteiger partial charge in [-0.1, -0.05) is 25.5 Å². The summed E-state index contributed by atoms with van der Waals surface area (Å²) >= 11 is -2.22. The first-order chi connectivity index (χ1) is 6.75. The standard InChI is InChI=1S/C10H14O3S/c1-2-3-8-13-9-6-4-5-7-10(9)14(11)12/h4-7H,2-3,8H2,1H3,(H,11,12)/p-1. The largest absolute Gasteiger partial charge is 0.768 e. The van der Waals surface area contributed by atoms with E-state index < -0.39 is 11.1 Å². The lowest BCUT2D eigenvalue weighted by Gasteiger charge is -2.12. The van der Waals surface area contributed by atoms with Gasteiger partial charge >= 0.3 is 0 Å². The first kappa shape index (κ1) is 11.2. The highest BCUT2D eigenvalue weighted by atomic mass is 32.2. The Bertz CT molecular complexity index is 312. The Morgan fingerprint density at radius 2 is 2.14 bits per heavy atom. The number of para-hydroxylation sites is 1. The summed E-state index contributed by atoms with van der Waals surface area (Å²) in [6.07, 6.45) is 1.96. The van der Waals surface area contributed by atoms with Crippen molar-refractivity contribution in [3.05, 3.63) is 24.3 Å². The highest BCUT2D eigenvalue weighted by Gasteiger charge is 2.01. The summed E-state index contributed by atoms with van der Waals surface area (Å²) in [5, 5.41) is 0. The van der Waals surface area contributed by atoms with Crippen LogP contribution in [0.1, 0.15) is 19.8 Å². The Morgan fingerprint density at radius 3 is 2.79 bits per heavy atom. The van der Waals surface area contributed by atoms with E-state index in [0.717, 1.165) is 12.8 Å². The van der Waals surface area contributed by atoms with Crippen LogP contribution in [0.3, 0.4) is 0 Å². The van der Waals surface area contributed by atoms with Crippen LogP contribution in [-0.2, 0) is 11.1 Å². The SMILES string of the molecule is CCCCOc1ccccc1S(=O)[O-]. The number of hydrogen-bond acceptors (Lipinski definition) is 3. The van der Waals surface area contributed by atoms with Crippen molar-refractivity contribution in [3.8, 4) is 5.75 Å². The summed E-state index contributed by atoms with van der Waals surface area (Å²) in [5.74, 6) is 0.439. The number of ether oxygens (including phenoxy) is 1. The first-order valence-electron chi connectivity index (χ1n) is 4.56. The van der Waals surface area contributed by atoms with Gasteiger partial charge in [-0.05, 0) is 29.6 Å². The van der Waals surface area contributed by atoms with E-state index in [1.807, 2.05) is 0 Å². The molecule has 0 N–H and O–H groups in total. The lowest BCUT2D eigenvalue weighted by molar-refractivity contribution is 0.301. The molecular formula is C10H13O3S-. The van der Waals surface area contributed by atoms with Gasteiger partial charge in [-0.3, -0.25) is 4.21 Å². The van der Waals surface area contributed by atoms with Gasteiger partial charge in [-0.25, -0.2) is 0 Å². The molecule has 1 aromatic rings. The summed E-state index contributed by atoms with van der Waals surface area (Å²) in [6.45, 7) is 2.62. The minimum absolute atomic E-state index is 0.226. The Morgan fingerprint density at radius 1 is 1.43 bits per heavy atom. The van der Waals surface area contributed by atoms with Crippen LogP contribution in [0.25, 0.3) is 0 Å². The van der Waals surface area contributed by atoms with Crippen molar-refractivity contribution in [3.63, 3.8) is 0 Å². The maximum absolute atomic E-state index is 10.8. The van der Waals surface area contributed by atoms with Gasteiger partial charge in [0.05, 0.1) is 11.5 Å². The molecule has 1 rings (SSSR count). The van der Waals surface area contributed by atoms with E-state index in [1.54, 1.807) is 18.2 Å². The smallest absolute Gasteiger partial charge is 0.134 e. The molecule has 3 nitrogen and oxygen atoms in total. The van der Waals surface area contributed by atoms with E-state index in [0.29, 0.717) is 12.4 Å². The molecule has 4 heteroatoms. The molecule has 1 aromatic carbocycles. The van der Waals surface area contributed by atoms with Crippen LogP contribution in [0, 0.1) is 0 Å². The van der Waals surface area contributed by atoms with Crippen LogP contribution < -0.4 is 4.74 Å². The molecule has 0 bridgehead atoms. The molecule has 0 aromatic heterocycles. The Labute approximate surface area is 86.4 Å². The van der Waals surface area contributed by atoms with Crippen molar-refractivity contribution in [2.24, 2.45) is 0 Å². The minimum Gasteiger partial charge on any atom is -0.768 e. The molecule has 0 spiro atoms. The Hall–Kier alpha value is -0.870. The van der Waals surface area contributed by atoms with E-state index in [4.69, 9.17) is 4.74 Å². The van der Waals surface area contributed by atoms with E-state index >= 15 is 0 Å². The quantitative estimate of drug-likeness (QED) is 0.556. The lowest BCUT2D eigenvalue weighted by atomic mass is 10.3. The van der Waals surface area contributed by atoms with Crippen molar-refractivity contribution in [2.45, 2.75) is 24.7 Å². The van der Waals surface area contributed by atoms with Crippen LogP contribution in [0.2, 0.25) is 0 Å². The molecule has 1 atom stereocenters. The molecule has 0 fully saturated rings. The normalized spacial score (nSPS) is 12.4. The molecule has 0 saturated heterocycles. The zero-order chi connectivity index (χ0) is 10.4. The van der Waals surface area contributed by atoms with E-state index in [9.17, 15) is 8.76 Å². The van der Waals surface area contributed by atoms with Crippen molar-refractivity contribution in [1.29, 1.82) is 0 Å². The van der Waals surface area contributed by atoms with Gasteiger partial charge in [0.1, 0.15) is 5.75 Å². The average Bonchev–Trinajstić information content (AvgIpc) is 2.19. The fourth-order valence-corrected chi connectivity index (χ4v) is 1.51. The highest BCUT2D eigenvalue weighted by molar-refractivity contribution is 7.79. The van der Waals surface area contributed by atoms with Crippen molar-refractivity contribution in [1.82, 2.24) is 0 Å². The van der Waals surface area contributed by atoms with Gasteiger partial charge in [0, 0.05) is 0 Å². The van der Waals surface area contributed by atoms with Crippen LogP contribution in [0.15, 0.2) is 29.2 Å². The van der Waals surface area contributed by atoms with E-state index in [-0.39, 0.29) is 4.90 Å². The predicted octanol–water partition coefficient (Wildman–Crippen LogP) is 2.10. The monoisotopic (exact) mass is 213 g/mol. The molecular weight excluding hydrogens is 200 g/mol. The highest BCUT2D eigenvalue weighted by Crippen LogP contribution is 2.20. The summed E-state index contributed by atoms with van der Waals surface area (Å²) < 4.78 is 26.9. The first-order valence-corrected chi connectivity index (χ1v) is 5.64. The topological polar surface area (TPSA) is 49.4 Å². The molecule has 0 amide bonds. The predicted molar refractivity (Wildman–Crippen MR) is 54.0 cm³/mol. The zero-order valence-electron chi connectivity index (χ0n) is 8.06. The fourth-order valence-electron chi connectivity index (χ4n) is 1.03. The van der Waals surface area contributed by atoms with Crippen molar-refractivity contribution >= 4 is 11.1 Å². The van der Waals surface area contributed by atoms with Crippen molar-refractivity contribution < 1.29 is 13.5 Å². The van der Waals surface area contributed by atoms with Gasteiger partial charge < -0.3 is 9.29 Å². The summed E-state index contributed by atoms with van der Waals surface area (Å²) in [6, 6.07) is 6.64. The van der Waals surface area contributed by atoms with E-state index in [1.165, 1.54) is 6.07 Å². The second kappa shape index (κ2) is 5.78. The summed E-state index contributed by atoms with van der Waals surface area (Å²) in [5.41, 5.74) is 0. The summed E-state index contributed by atoms with van der Waals surface area (Å²) in [4.78, 5) is 0.226. The van der Waals surface area contributed by atoms with Gasteiger partial charge in [0.15, 0.2) is 0 Å². The third kappa shape index (κ3) is 3.12. The molecule has 1 unspecified atom stereocenters. The molecule has 78 valence electrons. The van der Waals surface area contributed by atoms with Crippen LogP contribution in [-0.4, -0.2) is 15.4 Å². The second-order valence-electron chi connectivity index (χ2n) is 2.88. The van der Waals surface area contributed by atoms with Gasteiger partial charge in [-0.15, -0.1) is 0 Å².